The number of nitrogens with one attached hydrogen (secondary N) is 2. The standard InChI is InChI=1S/C21H28N4O3S/c1-15-5-7-18(13-16(15)2)23-21(26)17-6-8-19(20(14-17)29(27,28)22-3)25-11-9-24(4)10-12-25/h5-8,13-14,22H,9-12H2,1-4H3,(H,23,26). The van der Waals surface area contributed by atoms with Gasteiger partial charge in [-0.1, -0.05) is 6.07 Å². The highest BCUT2D eigenvalue weighted by atomic mass is 32.2. The number of sulfonamides is 1. The molecule has 8 heteroatoms. The van der Waals surface area contributed by atoms with E-state index in [1.54, 1.807) is 12.1 Å². The second-order valence-corrected chi connectivity index (χ2v) is 9.29. The van der Waals surface area contributed by atoms with Crippen LogP contribution in [0.5, 0.6) is 0 Å². The number of amides is 1. The molecule has 29 heavy (non-hydrogen) atoms. The number of rotatable bonds is 5. The van der Waals surface area contributed by atoms with Gasteiger partial charge in [0.25, 0.3) is 5.91 Å². The van der Waals surface area contributed by atoms with Crippen LogP contribution in [0.4, 0.5) is 11.4 Å². The molecule has 1 amide bonds. The Kier molecular flexibility index (Phi) is 6.26. The van der Waals surface area contributed by atoms with Crippen molar-refractivity contribution >= 4 is 27.3 Å². The lowest BCUT2D eigenvalue weighted by atomic mass is 10.1. The van der Waals surface area contributed by atoms with E-state index in [2.05, 4.69) is 19.8 Å². The second-order valence-electron chi connectivity index (χ2n) is 7.43. The van der Waals surface area contributed by atoms with Gasteiger partial charge in [0.2, 0.25) is 10.0 Å². The predicted octanol–water partition coefficient (Wildman–Crippen LogP) is 2.22. The Hall–Kier alpha value is -2.42. The first-order chi connectivity index (χ1) is 13.7. The molecule has 2 aromatic rings. The van der Waals surface area contributed by atoms with E-state index < -0.39 is 10.0 Å². The molecule has 1 aliphatic rings. The minimum atomic E-state index is -3.72. The molecule has 0 saturated carbocycles. The van der Waals surface area contributed by atoms with Gasteiger partial charge in [-0.05, 0) is 69.4 Å². The van der Waals surface area contributed by atoms with Crippen LogP contribution in [0.25, 0.3) is 0 Å². The Morgan fingerprint density at radius 1 is 0.966 bits per heavy atom. The smallest absolute Gasteiger partial charge is 0.255 e. The molecular formula is C21H28N4O3S. The molecule has 0 radical (unpaired) electrons. The SMILES string of the molecule is CNS(=O)(=O)c1cc(C(=O)Nc2ccc(C)c(C)c2)ccc1N1CCN(C)CC1. The maximum absolute atomic E-state index is 12.8. The van der Waals surface area contributed by atoms with Crippen molar-refractivity contribution in [2.24, 2.45) is 0 Å². The number of carbonyl (C=O) groups is 1. The lowest BCUT2D eigenvalue weighted by Crippen LogP contribution is -2.45. The van der Waals surface area contributed by atoms with E-state index in [-0.39, 0.29) is 10.8 Å². The summed E-state index contributed by atoms with van der Waals surface area (Å²) in [5, 5.41) is 2.85. The molecule has 0 unspecified atom stereocenters. The number of anilines is 2. The number of hydrogen-bond donors (Lipinski definition) is 2. The fraction of sp³-hybridized carbons (Fsp3) is 0.381. The zero-order valence-electron chi connectivity index (χ0n) is 17.3. The van der Waals surface area contributed by atoms with Gasteiger partial charge >= 0.3 is 0 Å². The molecule has 1 fully saturated rings. The summed E-state index contributed by atoms with van der Waals surface area (Å²) in [6, 6.07) is 10.5. The zero-order chi connectivity index (χ0) is 21.2. The van der Waals surface area contributed by atoms with Gasteiger partial charge in [0.15, 0.2) is 0 Å². The van der Waals surface area contributed by atoms with Crippen molar-refractivity contribution in [3.8, 4) is 0 Å². The van der Waals surface area contributed by atoms with Crippen LogP contribution < -0.4 is 14.9 Å². The first-order valence-electron chi connectivity index (χ1n) is 9.61. The van der Waals surface area contributed by atoms with Crippen LogP contribution in [0.3, 0.4) is 0 Å². The lowest BCUT2D eigenvalue weighted by molar-refractivity contribution is 0.102. The second kappa shape index (κ2) is 8.52. The molecule has 1 saturated heterocycles. The number of piperazine rings is 1. The van der Waals surface area contributed by atoms with Crippen molar-refractivity contribution < 1.29 is 13.2 Å². The Labute approximate surface area is 172 Å². The number of likely N-dealkylation sites (N-methyl/N-ethyl adjacent to an activating group) is 1. The average Bonchev–Trinajstić information content (AvgIpc) is 2.71. The molecule has 0 aliphatic carbocycles. The quantitative estimate of drug-likeness (QED) is 0.781. The molecule has 3 rings (SSSR count). The van der Waals surface area contributed by atoms with Crippen LogP contribution in [-0.4, -0.2) is 59.5 Å². The van der Waals surface area contributed by atoms with Crippen molar-refractivity contribution in [1.82, 2.24) is 9.62 Å². The lowest BCUT2D eigenvalue weighted by Gasteiger charge is -2.35. The van der Waals surface area contributed by atoms with Gasteiger partial charge in [-0.3, -0.25) is 4.79 Å². The minimum absolute atomic E-state index is 0.122. The van der Waals surface area contributed by atoms with Gasteiger partial charge in [-0.2, -0.15) is 0 Å². The largest absolute Gasteiger partial charge is 0.368 e. The first kappa shape index (κ1) is 21.3. The van der Waals surface area contributed by atoms with Crippen LogP contribution in [0.2, 0.25) is 0 Å². The summed E-state index contributed by atoms with van der Waals surface area (Å²) < 4.78 is 27.7. The number of nitrogens with zero attached hydrogens (tertiary/aromatic N) is 2. The van der Waals surface area contributed by atoms with E-state index in [1.165, 1.54) is 13.1 Å². The average molecular weight is 417 g/mol. The fourth-order valence-corrected chi connectivity index (χ4v) is 4.29. The van der Waals surface area contributed by atoms with Crippen molar-refractivity contribution in [3.05, 3.63) is 53.1 Å². The number of aryl methyl sites for hydroxylation is 2. The predicted molar refractivity (Wildman–Crippen MR) is 116 cm³/mol. The summed E-state index contributed by atoms with van der Waals surface area (Å²) >= 11 is 0. The Morgan fingerprint density at radius 3 is 2.28 bits per heavy atom. The number of benzene rings is 2. The van der Waals surface area contributed by atoms with Gasteiger partial charge < -0.3 is 15.1 Å². The summed E-state index contributed by atoms with van der Waals surface area (Å²) in [5.74, 6) is -0.342. The molecule has 1 heterocycles. The number of carbonyl (C=O) groups excluding carboxylic acids is 1. The maximum Gasteiger partial charge on any atom is 0.255 e. The highest BCUT2D eigenvalue weighted by Gasteiger charge is 2.24. The summed E-state index contributed by atoms with van der Waals surface area (Å²) in [7, 11) is -0.294. The zero-order valence-corrected chi connectivity index (χ0v) is 18.1. The normalized spacial score (nSPS) is 15.4. The minimum Gasteiger partial charge on any atom is -0.368 e. The van der Waals surface area contributed by atoms with Crippen LogP contribution in [-0.2, 0) is 10.0 Å². The first-order valence-corrected chi connectivity index (χ1v) is 11.1. The van der Waals surface area contributed by atoms with Gasteiger partial charge in [0.05, 0.1) is 5.69 Å². The van der Waals surface area contributed by atoms with Crippen molar-refractivity contribution in [2.45, 2.75) is 18.7 Å². The van der Waals surface area contributed by atoms with Crippen molar-refractivity contribution in [1.29, 1.82) is 0 Å². The van der Waals surface area contributed by atoms with E-state index in [0.717, 1.165) is 37.3 Å². The third kappa shape index (κ3) is 4.77. The van der Waals surface area contributed by atoms with E-state index in [1.807, 2.05) is 39.1 Å². The third-order valence-electron chi connectivity index (χ3n) is 5.39. The van der Waals surface area contributed by atoms with E-state index in [4.69, 9.17) is 0 Å². The Morgan fingerprint density at radius 2 is 1.66 bits per heavy atom. The number of hydrogen-bond acceptors (Lipinski definition) is 5. The van der Waals surface area contributed by atoms with Crippen molar-refractivity contribution in [3.63, 3.8) is 0 Å². The van der Waals surface area contributed by atoms with Gasteiger partial charge in [-0.15, -0.1) is 0 Å². The van der Waals surface area contributed by atoms with Crippen LogP contribution >= 0.6 is 0 Å². The molecule has 1 aliphatic heterocycles. The van der Waals surface area contributed by atoms with Gasteiger partial charge in [-0.25, -0.2) is 13.1 Å². The molecule has 2 N–H and O–H groups in total. The van der Waals surface area contributed by atoms with Gasteiger partial charge in [0, 0.05) is 37.4 Å². The van der Waals surface area contributed by atoms with E-state index in [9.17, 15) is 13.2 Å². The van der Waals surface area contributed by atoms with E-state index in [0.29, 0.717) is 16.9 Å². The fourth-order valence-electron chi connectivity index (χ4n) is 3.31. The van der Waals surface area contributed by atoms with Gasteiger partial charge in [0.1, 0.15) is 4.90 Å². The summed E-state index contributed by atoms with van der Waals surface area (Å²) in [6.07, 6.45) is 0. The molecule has 0 aromatic heterocycles. The summed E-state index contributed by atoms with van der Waals surface area (Å²) in [6.45, 7) is 7.16. The maximum atomic E-state index is 12.8. The Bertz CT molecular complexity index is 1010. The van der Waals surface area contributed by atoms with E-state index >= 15 is 0 Å². The monoisotopic (exact) mass is 416 g/mol. The molecule has 0 atom stereocenters. The molecular weight excluding hydrogens is 388 g/mol. The van der Waals surface area contributed by atoms with Crippen LogP contribution in [0, 0.1) is 13.8 Å². The van der Waals surface area contributed by atoms with Crippen LogP contribution in [0.15, 0.2) is 41.3 Å². The highest BCUT2D eigenvalue weighted by molar-refractivity contribution is 7.89. The highest BCUT2D eigenvalue weighted by Crippen LogP contribution is 2.28. The van der Waals surface area contributed by atoms with Crippen molar-refractivity contribution in [2.75, 3.05) is 50.5 Å². The topological polar surface area (TPSA) is 81.7 Å². The molecule has 2 aromatic carbocycles. The molecule has 0 spiro atoms. The molecule has 7 nitrogen and oxygen atoms in total. The third-order valence-corrected chi connectivity index (χ3v) is 6.83. The molecule has 0 bridgehead atoms. The summed E-state index contributed by atoms with van der Waals surface area (Å²) in [5.41, 5.74) is 3.82. The summed E-state index contributed by atoms with van der Waals surface area (Å²) in [4.78, 5) is 17.1. The Balaban J connectivity index is 1.93. The molecule has 156 valence electrons. The van der Waals surface area contributed by atoms with Crippen LogP contribution in [0.1, 0.15) is 21.5 Å².